The van der Waals surface area contributed by atoms with Crippen LogP contribution in [0, 0.1) is 67.5 Å². The van der Waals surface area contributed by atoms with Crippen LogP contribution in [0.4, 0.5) is 0 Å². The molecule has 0 aromatic heterocycles. The van der Waals surface area contributed by atoms with Crippen LogP contribution in [0.5, 0.6) is 0 Å². The molecule has 13 atom stereocenters. The Labute approximate surface area is 370 Å². The number of ether oxygens (including phenoxy) is 1. The first-order valence-corrected chi connectivity index (χ1v) is 26.2. The third-order valence-corrected chi connectivity index (χ3v) is 21.5. The highest BCUT2D eigenvalue weighted by Gasteiger charge is 2.71. The molecular formula is C51H91N4O4P. The zero-order valence-corrected chi connectivity index (χ0v) is 41.9. The van der Waals surface area contributed by atoms with Crippen molar-refractivity contribution >= 4 is 14.4 Å². The summed E-state index contributed by atoms with van der Waals surface area (Å²) in [6, 6.07) is 2.84. The van der Waals surface area contributed by atoms with Crippen LogP contribution in [0.25, 0.3) is 0 Å². The first-order chi connectivity index (χ1) is 28.2. The van der Waals surface area contributed by atoms with Gasteiger partial charge in [-0.05, 0) is 187 Å². The van der Waals surface area contributed by atoms with E-state index in [0.717, 1.165) is 50.0 Å². The lowest BCUT2D eigenvalue weighted by Gasteiger charge is -2.75. The molecule has 6 aliphatic rings. The van der Waals surface area contributed by atoms with Crippen molar-refractivity contribution in [3.63, 3.8) is 0 Å². The van der Waals surface area contributed by atoms with E-state index < -0.39 is 8.53 Å². The number of unbranched alkanes of at least 4 members (excludes halogenated alkanes) is 2. The molecule has 344 valence electrons. The fourth-order valence-corrected chi connectivity index (χ4v) is 17.2. The van der Waals surface area contributed by atoms with Gasteiger partial charge in [-0.3, -0.25) is 10.1 Å². The number of amides is 1. The molecule has 6 fully saturated rings. The molecule has 0 spiro atoms. The Morgan fingerprint density at radius 2 is 1.52 bits per heavy atom. The summed E-state index contributed by atoms with van der Waals surface area (Å²) in [5, 5.41) is 12.7. The van der Waals surface area contributed by atoms with Crippen molar-refractivity contribution in [2.45, 2.75) is 229 Å². The van der Waals surface area contributed by atoms with Crippen LogP contribution < -0.4 is 5.32 Å². The van der Waals surface area contributed by atoms with Crippen LogP contribution >= 0.6 is 8.53 Å². The van der Waals surface area contributed by atoms with Crippen LogP contribution in [-0.2, 0) is 18.6 Å². The lowest BCUT2D eigenvalue weighted by Crippen LogP contribution is -2.68. The summed E-state index contributed by atoms with van der Waals surface area (Å²) in [5.74, 6) is 3.30. The van der Waals surface area contributed by atoms with Gasteiger partial charge in [0.2, 0.25) is 5.91 Å². The van der Waals surface area contributed by atoms with E-state index in [2.05, 4.69) is 106 Å². The average Bonchev–Trinajstić information content (AvgIpc) is 3.54. The van der Waals surface area contributed by atoms with Crippen LogP contribution in [0.3, 0.4) is 0 Å². The van der Waals surface area contributed by atoms with Gasteiger partial charge in [0.05, 0.1) is 38.0 Å². The summed E-state index contributed by atoms with van der Waals surface area (Å²) in [6.07, 6.45) is 20.3. The van der Waals surface area contributed by atoms with E-state index in [-0.39, 0.29) is 30.1 Å². The van der Waals surface area contributed by atoms with Gasteiger partial charge in [-0.2, -0.15) is 5.26 Å². The zero-order chi connectivity index (χ0) is 43.9. The van der Waals surface area contributed by atoms with Crippen molar-refractivity contribution in [3.8, 4) is 6.07 Å². The molecule has 1 amide bonds. The van der Waals surface area contributed by atoms with Gasteiger partial charge in [-0.25, -0.2) is 4.67 Å². The predicted molar refractivity (Wildman–Crippen MR) is 247 cm³/mol. The van der Waals surface area contributed by atoms with Gasteiger partial charge in [0.25, 0.3) is 8.53 Å². The smallest absolute Gasteiger partial charge is 0.259 e. The monoisotopic (exact) mass is 855 g/mol. The van der Waals surface area contributed by atoms with Gasteiger partial charge in [0, 0.05) is 31.1 Å². The average molecular weight is 855 g/mol. The first kappa shape index (κ1) is 48.6. The Hall–Kier alpha value is -0.810. The summed E-state index contributed by atoms with van der Waals surface area (Å²) in [5.41, 5.74) is 2.70. The van der Waals surface area contributed by atoms with E-state index in [9.17, 15) is 4.79 Å². The molecule has 9 heteroatoms. The molecule has 0 aromatic carbocycles. The van der Waals surface area contributed by atoms with Crippen LogP contribution in [0.1, 0.15) is 199 Å². The number of fused-ring (bicyclic) bond motifs is 7. The van der Waals surface area contributed by atoms with Crippen LogP contribution in [0.15, 0.2) is 0 Å². The number of carbonyl (C=O) groups excluding carboxylic acids is 1. The molecule has 1 heterocycles. The highest BCUT2D eigenvalue weighted by atomic mass is 31.2. The number of nitrogens with zero attached hydrogens (tertiary/aromatic N) is 3. The van der Waals surface area contributed by atoms with Crippen molar-refractivity contribution in [2.75, 3.05) is 26.4 Å². The van der Waals surface area contributed by atoms with Gasteiger partial charge < -0.3 is 18.7 Å². The van der Waals surface area contributed by atoms with Crippen LogP contribution in [0.2, 0.25) is 0 Å². The van der Waals surface area contributed by atoms with E-state index in [1.54, 1.807) is 0 Å². The zero-order valence-electron chi connectivity index (χ0n) is 41.0. The third kappa shape index (κ3) is 9.32. The molecule has 1 unspecified atom stereocenters. The molecule has 5 saturated carbocycles. The van der Waals surface area contributed by atoms with Crippen molar-refractivity contribution in [3.05, 3.63) is 0 Å². The molecule has 6 rings (SSSR count). The number of nitriles is 1. The highest BCUT2D eigenvalue weighted by molar-refractivity contribution is 7.44. The molecule has 0 aromatic rings. The number of carbonyl (C=O) groups is 1. The number of nitrogens with one attached hydrogen (secondary N) is 1. The molecule has 0 radical (unpaired) electrons. The SMILES string of the molecule is CC(C)N(C(C)C)P(OCCC#N)O[C@@H]1C[C@@H](C)N(C(=O)CCCCCNCO[C@H]2CC[C@@H]3[C@](C)(CC[C@H]4[C@@]3(C)CC[C@@]3(C)[C@@H]5CC(C)(C)CC[C@]5(C)CC[C@]43C)[C@H]2C)C1. The summed E-state index contributed by atoms with van der Waals surface area (Å²) >= 11 is 0. The van der Waals surface area contributed by atoms with Gasteiger partial charge in [0.1, 0.15) is 0 Å². The van der Waals surface area contributed by atoms with Crippen molar-refractivity contribution in [2.24, 2.45) is 56.2 Å². The fourth-order valence-electron chi connectivity index (χ4n) is 15.5. The van der Waals surface area contributed by atoms with Gasteiger partial charge in [-0.1, -0.05) is 61.8 Å². The van der Waals surface area contributed by atoms with E-state index in [0.29, 0.717) is 77.2 Å². The predicted octanol–water partition coefficient (Wildman–Crippen LogP) is 12.7. The summed E-state index contributed by atoms with van der Waals surface area (Å²) in [6.45, 7) is 34.7. The molecular weight excluding hydrogens is 764 g/mol. The molecule has 5 aliphatic carbocycles. The number of hydrogen-bond acceptors (Lipinski definition) is 7. The third-order valence-electron chi connectivity index (χ3n) is 19.3. The Kier molecular flexibility index (Phi) is 15.4. The molecule has 1 saturated heterocycles. The molecule has 0 bridgehead atoms. The lowest BCUT2D eigenvalue weighted by atomic mass is 9.30. The minimum Gasteiger partial charge on any atom is -0.363 e. The molecule has 1 aliphatic heterocycles. The normalized spacial score (nSPS) is 41.7. The molecule has 8 nitrogen and oxygen atoms in total. The Morgan fingerprint density at radius 1 is 0.833 bits per heavy atom. The Balaban J connectivity index is 0.921. The summed E-state index contributed by atoms with van der Waals surface area (Å²) in [4.78, 5) is 15.4. The lowest BCUT2D eigenvalue weighted by molar-refractivity contribution is -0.264. The van der Waals surface area contributed by atoms with Crippen LogP contribution in [-0.4, -0.2) is 72.2 Å². The number of rotatable bonds is 17. The van der Waals surface area contributed by atoms with E-state index in [1.165, 1.54) is 70.6 Å². The van der Waals surface area contributed by atoms with Gasteiger partial charge in [-0.15, -0.1) is 0 Å². The standard InChI is InChI=1S/C51H91N4O4P/c1-36(2)55(37(3)4)60(58-31-17-29-52)59-40-32-38(5)54(34-40)45(56)18-15-14-16-30-53-35-57-41-19-20-42-48(10,39(41)6)22-21-43-49(42,11)26-28-51(13)44-33-46(7,8)23-24-47(44,9)25-27-50(43,51)12/h36-44,53H,14-28,30-35H2,1-13H3/t38-,39+,40-,41+,42-,43+,44-,47-,48-,49+,50-,51+,60?/m1/s1. The van der Waals surface area contributed by atoms with Crippen molar-refractivity contribution < 1.29 is 18.6 Å². The maximum atomic E-state index is 13.4. The van der Waals surface area contributed by atoms with Crippen molar-refractivity contribution in [1.82, 2.24) is 14.9 Å². The maximum absolute atomic E-state index is 13.4. The number of hydrogen-bond donors (Lipinski definition) is 1. The minimum atomic E-state index is -1.31. The summed E-state index contributed by atoms with van der Waals surface area (Å²) < 4.78 is 21.7. The van der Waals surface area contributed by atoms with E-state index >= 15 is 0 Å². The van der Waals surface area contributed by atoms with Gasteiger partial charge >= 0.3 is 0 Å². The second-order valence-electron chi connectivity index (χ2n) is 24.0. The quantitative estimate of drug-likeness (QED) is 0.0886. The van der Waals surface area contributed by atoms with E-state index in [4.69, 9.17) is 19.0 Å². The highest BCUT2D eigenvalue weighted by Crippen LogP contribution is 2.78. The number of likely N-dealkylation sites (tertiary alicyclic amines) is 1. The fraction of sp³-hybridized carbons (Fsp3) is 0.961. The first-order valence-electron chi connectivity index (χ1n) is 25.0. The van der Waals surface area contributed by atoms with Crippen molar-refractivity contribution in [1.29, 1.82) is 5.26 Å². The van der Waals surface area contributed by atoms with Gasteiger partial charge in [0.15, 0.2) is 0 Å². The minimum absolute atomic E-state index is 0.0512. The largest absolute Gasteiger partial charge is 0.363 e. The summed E-state index contributed by atoms with van der Waals surface area (Å²) in [7, 11) is -1.31. The molecule has 1 N–H and O–H groups in total. The Morgan fingerprint density at radius 3 is 2.22 bits per heavy atom. The molecule has 60 heavy (non-hydrogen) atoms. The van der Waals surface area contributed by atoms with E-state index in [1.807, 2.05) is 4.90 Å². The topological polar surface area (TPSA) is 87.1 Å². The maximum Gasteiger partial charge on any atom is 0.259 e. The second kappa shape index (κ2) is 19.0. The Bertz CT molecular complexity index is 1500. The second-order valence-corrected chi connectivity index (χ2v) is 25.4.